The maximum atomic E-state index is 12.2. The van der Waals surface area contributed by atoms with Crippen molar-refractivity contribution in [1.82, 2.24) is 10.3 Å². The minimum Gasteiger partial charge on any atom is -0.361 e. The van der Waals surface area contributed by atoms with Crippen LogP contribution in [0.3, 0.4) is 0 Å². The molecular weight excluding hydrogens is 330 g/mol. The van der Waals surface area contributed by atoms with Gasteiger partial charge in [0.05, 0.1) is 6.04 Å². The van der Waals surface area contributed by atoms with E-state index in [-0.39, 0.29) is 23.1 Å². The van der Waals surface area contributed by atoms with Crippen molar-refractivity contribution in [1.29, 1.82) is 0 Å². The fourth-order valence-electron chi connectivity index (χ4n) is 3.01. The molecule has 23 heavy (non-hydrogen) atoms. The molecule has 1 saturated heterocycles. The van der Waals surface area contributed by atoms with E-state index < -0.39 is 6.04 Å². The molecule has 1 amide bonds. The van der Waals surface area contributed by atoms with E-state index in [4.69, 9.17) is 5.73 Å². The number of carbonyl (C=O) groups is 1. The Bertz CT molecular complexity index is 667. The van der Waals surface area contributed by atoms with Gasteiger partial charge in [-0.1, -0.05) is 18.2 Å². The predicted octanol–water partition coefficient (Wildman–Crippen LogP) is 2.86. The molecule has 3 rings (SSSR count). The number of amides is 1. The average molecular weight is 354 g/mol. The number of halogens is 1. The van der Waals surface area contributed by atoms with Crippen molar-refractivity contribution in [2.24, 2.45) is 5.73 Å². The largest absolute Gasteiger partial charge is 0.361 e. The van der Waals surface area contributed by atoms with Crippen LogP contribution in [-0.2, 0) is 11.2 Å². The van der Waals surface area contributed by atoms with Gasteiger partial charge in [0.15, 0.2) is 0 Å². The number of fused-ring (bicyclic) bond motifs is 1. The number of aromatic nitrogens is 1. The Morgan fingerprint density at radius 2 is 2.26 bits per heavy atom. The number of nitrogens with two attached hydrogens (primary N) is 1. The van der Waals surface area contributed by atoms with E-state index in [1.165, 1.54) is 12.2 Å². The van der Waals surface area contributed by atoms with E-state index >= 15 is 0 Å². The van der Waals surface area contributed by atoms with Crippen LogP contribution in [0.5, 0.6) is 0 Å². The first kappa shape index (κ1) is 18.2. The van der Waals surface area contributed by atoms with Crippen molar-refractivity contribution in [3.63, 3.8) is 0 Å². The molecule has 6 heteroatoms. The van der Waals surface area contributed by atoms with Crippen molar-refractivity contribution in [3.8, 4) is 0 Å². The second-order valence-corrected chi connectivity index (χ2v) is 7.97. The number of rotatable bonds is 5. The Labute approximate surface area is 147 Å². The Hall–Kier alpha value is -1.17. The van der Waals surface area contributed by atoms with Crippen molar-refractivity contribution in [2.75, 3.05) is 12.3 Å². The lowest BCUT2D eigenvalue weighted by Gasteiger charge is -2.24. The van der Waals surface area contributed by atoms with Crippen LogP contribution in [-0.4, -0.2) is 34.0 Å². The molecule has 126 valence electrons. The summed E-state index contributed by atoms with van der Waals surface area (Å²) in [7, 11) is 0. The Morgan fingerprint density at radius 1 is 1.48 bits per heavy atom. The Morgan fingerprint density at radius 3 is 3.00 bits per heavy atom. The SMILES string of the molecule is CC1(CNC(=O)[C@@H](N)Cc2c[nH]c3ccccc23)CCCS1.Cl. The predicted molar refractivity (Wildman–Crippen MR) is 100 cm³/mol. The van der Waals surface area contributed by atoms with Crippen LogP contribution in [0, 0.1) is 0 Å². The van der Waals surface area contributed by atoms with Crippen molar-refractivity contribution in [2.45, 2.75) is 37.0 Å². The third-order valence-corrected chi connectivity index (χ3v) is 5.93. The third kappa shape index (κ3) is 4.22. The highest BCUT2D eigenvalue weighted by molar-refractivity contribution is 8.00. The van der Waals surface area contributed by atoms with Gasteiger partial charge in [0.2, 0.25) is 5.91 Å². The molecule has 1 fully saturated rings. The monoisotopic (exact) mass is 353 g/mol. The van der Waals surface area contributed by atoms with Gasteiger partial charge in [-0.3, -0.25) is 4.79 Å². The van der Waals surface area contributed by atoms with Crippen molar-refractivity contribution >= 4 is 41.0 Å². The van der Waals surface area contributed by atoms with Gasteiger partial charge in [-0.15, -0.1) is 12.4 Å². The second kappa shape index (κ2) is 7.60. The number of aromatic amines is 1. The van der Waals surface area contributed by atoms with E-state index in [0.29, 0.717) is 13.0 Å². The molecule has 2 atom stereocenters. The summed E-state index contributed by atoms with van der Waals surface area (Å²) in [5, 5.41) is 4.17. The van der Waals surface area contributed by atoms with E-state index in [1.807, 2.05) is 36.2 Å². The lowest BCUT2D eigenvalue weighted by Crippen LogP contribution is -2.46. The summed E-state index contributed by atoms with van der Waals surface area (Å²) in [6.07, 6.45) is 4.90. The van der Waals surface area contributed by atoms with Crippen molar-refractivity contribution < 1.29 is 4.79 Å². The first-order valence-corrected chi connectivity index (χ1v) is 8.78. The van der Waals surface area contributed by atoms with Crippen LogP contribution in [0.25, 0.3) is 10.9 Å². The van der Waals surface area contributed by atoms with Gasteiger partial charge in [-0.25, -0.2) is 0 Å². The smallest absolute Gasteiger partial charge is 0.237 e. The number of nitrogens with one attached hydrogen (secondary N) is 2. The number of carbonyl (C=O) groups excluding carboxylic acids is 1. The number of benzene rings is 1. The zero-order valence-corrected chi connectivity index (χ0v) is 14.9. The number of thioether (sulfide) groups is 1. The maximum absolute atomic E-state index is 12.2. The molecule has 0 spiro atoms. The Balaban J connectivity index is 0.00000192. The van der Waals surface area contributed by atoms with E-state index in [2.05, 4.69) is 23.3 Å². The molecule has 1 aliphatic heterocycles. The number of para-hydroxylation sites is 1. The summed E-state index contributed by atoms with van der Waals surface area (Å²) in [4.78, 5) is 15.5. The van der Waals surface area contributed by atoms with Gasteiger partial charge in [0, 0.05) is 28.4 Å². The van der Waals surface area contributed by atoms with Crippen LogP contribution in [0.1, 0.15) is 25.3 Å². The minimum atomic E-state index is -0.505. The number of H-pyrrole nitrogens is 1. The van der Waals surface area contributed by atoms with Crippen LogP contribution < -0.4 is 11.1 Å². The molecule has 1 aromatic heterocycles. The second-order valence-electron chi connectivity index (χ2n) is 6.29. The molecule has 2 heterocycles. The first-order chi connectivity index (χ1) is 10.6. The summed E-state index contributed by atoms with van der Waals surface area (Å²) in [6.45, 7) is 2.92. The molecular formula is C17H24ClN3OS. The molecule has 4 N–H and O–H groups in total. The van der Waals surface area contributed by atoms with Gasteiger partial charge in [0.1, 0.15) is 0 Å². The van der Waals surface area contributed by atoms with Crippen LogP contribution >= 0.6 is 24.2 Å². The molecule has 2 aromatic rings. The normalized spacial score (nSPS) is 21.8. The molecule has 0 aliphatic carbocycles. The zero-order chi connectivity index (χ0) is 15.6. The summed E-state index contributed by atoms with van der Waals surface area (Å²) in [6, 6.07) is 7.58. The van der Waals surface area contributed by atoms with Crippen molar-refractivity contribution in [3.05, 3.63) is 36.0 Å². The van der Waals surface area contributed by atoms with Crippen LogP contribution in [0.2, 0.25) is 0 Å². The molecule has 0 radical (unpaired) electrons. The van der Waals surface area contributed by atoms with E-state index in [0.717, 1.165) is 22.9 Å². The topological polar surface area (TPSA) is 70.9 Å². The highest BCUT2D eigenvalue weighted by Crippen LogP contribution is 2.36. The molecule has 4 nitrogen and oxygen atoms in total. The summed E-state index contributed by atoms with van der Waals surface area (Å²) in [5.41, 5.74) is 8.27. The first-order valence-electron chi connectivity index (χ1n) is 7.80. The fourth-order valence-corrected chi connectivity index (χ4v) is 4.26. The number of hydrogen-bond acceptors (Lipinski definition) is 3. The van der Waals surface area contributed by atoms with E-state index in [9.17, 15) is 4.79 Å². The van der Waals surface area contributed by atoms with Crippen LogP contribution in [0.15, 0.2) is 30.5 Å². The summed E-state index contributed by atoms with van der Waals surface area (Å²) < 4.78 is 0.177. The number of hydrogen-bond donors (Lipinski definition) is 3. The lowest BCUT2D eigenvalue weighted by atomic mass is 10.0. The standard InChI is InChI=1S/C17H23N3OS.ClH/c1-17(7-4-8-22-17)11-20-16(21)14(18)9-12-10-19-15-6-3-2-5-13(12)15;/h2-3,5-6,10,14,19H,4,7-9,11,18H2,1H3,(H,20,21);1H/t14-,17?;/m0./s1. The highest BCUT2D eigenvalue weighted by Gasteiger charge is 2.30. The average Bonchev–Trinajstić information content (AvgIpc) is 3.13. The quantitative estimate of drug-likeness (QED) is 0.774. The van der Waals surface area contributed by atoms with Gasteiger partial charge >= 0.3 is 0 Å². The molecule has 1 unspecified atom stereocenters. The molecule has 1 aliphatic rings. The minimum absolute atomic E-state index is 0. The van der Waals surface area contributed by atoms with Gasteiger partial charge < -0.3 is 16.0 Å². The maximum Gasteiger partial charge on any atom is 0.237 e. The third-order valence-electron chi connectivity index (χ3n) is 4.39. The lowest BCUT2D eigenvalue weighted by molar-refractivity contribution is -0.122. The van der Waals surface area contributed by atoms with Gasteiger partial charge in [-0.05, 0) is 43.6 Å². The highest BCUT2D eigenvalue weighted by atomic mass is 35.5. The fraction of sp³-hybridized carbons (Fsp3) is 0.471. The molecule has 0 bridgehead atoms. The zero-order valence-electron chi connectivity index (χ0n) is 13.3. The molecule has 0 saturated carbocycles. The Kier molecular flexibility index (Phi) is 6.00. The van der Waals surface area contributed by atoms with Gasteiger partial charge in [0.25, 0.3) is 0 Å². The molecule has 1 aromatic carbocycles. The summed E-state index contributed by atoms with van der Waals surface area (Å²) >= 11 is 1.95. The van der Waals surface area contributed by atoms with Gasteiger partial charge in [-0.2, -0.15) is 11.8 Å². The summed E-state index contributed by atoms with van der Waals surface area (Å²) in [5.74, 6) is 1.13. The van der Waals surface area contributed by atoms with Crippen LogP contribution in [0.4, 0.5) is 0 Å². The van der Waals surface area contributed by atoms with E-state index in [1.54, 1.807) is 0 Å².